The van der Waals surface area contributed by atoms with Crippen molar-refractivity contribution in [2.75, 3.05) is 11.9 Å². The van der Waals surface area contributed by atoms with Crippen LogP contribution in [0.1, 0.15) is 31.1 Å². The fourth-order valence-electron chi connectivity index (χ4n) is 3.29. The van der Waals surface area contributed by atoms with Gasteiger partial charge in [-0.15, -0.1) is 0 Å². The normalized spacial score (nSPS) is 14.6. The number of benzene rings is 2. The zero-order valence-electron chi connectivity index (χ0n) is 14.5. The van der Waals surface area contributed by atoms with Crippen LogP contribution in [0.2, 0.25) is 0 Å². The summed E-state index contributed by atoms with van der Waals surface area (Å²) in [6.45, 7) is 4.51. The maximum absolute atomic E-state index is 11.6. The first-order valence-electron chi connectivity index (χ1n) is 8.47. The van der Waals surface area contributed by atoms with Gasteiger partial charge in [-0.3, -0.25) is 4.79 Å². The van der Waals surface area contributed by atoms with Crippen LogP contribution in [-0.4, -0.2) is 35.4 Å². The summed E-state index contributed by atoms with van der Waals surface area (Å²) in [5.74, 6) is -0.0787. The molecular weight excluding hydrogens is 315 g/mol. The molecule has 0 aromatic heterocycles. The SMILES string of the molecule is CC(C)(Cc1ccccc1)NCC(O)c1cc(O)cc2c1BC(=O)N2. The molecule has 0 bridgehead atoms. The van der Waals surface area contributed by atoms with Crippen LogP contribution in [0.15, 0.2) is 42.5 Å². The summed E-state index contributed by atoms with van der Waals surface area (Å²) >= 11 is 0. The van der Waals surface area contributed by atoms with Gasteiger partial charge in [-0.25, -0.2) is 0 Å². The van der Waals surface area contributed by atoms with Crippen molar-refractivity contribution in [3.05, 3.63) is 53.6 Å². The molecule has 25 heavy (non-hydrogen) atoms. The molecular formula is C19H23BN2O3. The molecule has 2 aromatic carbocycles. The van der Waals surface area contributed by atoms with Crippen LogP contribution in [-0.2, 0) is 6.42 Å². The monoisotopic (exact) mass is 338 g/mol. The number of amides is 1. The van der Waals surface area contributed by atoms with Crippen LogP contribution in [0.4, 0.5) is 10.5 Å². The lowest BCUT2D eigenvalue weighted by Gasteiger charge is -2.28. The topological polar surface area (TPSA) is 81.6 Å². The van der Waals surface area contributed by atoms with Gasteiger partial charge in [-0.05, 0) is 42.9 Å². The van der Waals surface area contributed by atoms with E-state index in [-0.39, 0.29) is 24.4 Å². The minimum absolute atomic E-state index is 0.0403. The Hall–Kier alpha value is -2.31. The number of rotatable bonds is 6. The van der Waals surface area contributed by atoms with E-state index in [1.165, 1.54) is 17.7 Å². The molecule has 1 aliphatic rings. The first kappa shape index (κ1) is 17.5. The Balaban J connectivity index is 1.69. The van der Waals surface area contributed by atoms with Gasteiger partial charge in [0, 0.05) is 23.8 Å². The molecule has 0 radical (unpaired) electrons. The number of carbonyl (C=O) groups is 1. The van der Waals surface area contributed by atoms with Crippen LogP contribution in [0.3, 0.4) is 0 Å². The molecule has 0 spiro atoms. The summed E-state index contributed by atoms with van der Waals surface area (Å²) in [5, 5.41) is 26.6. The largest absolute Gasteiger partial charge is 0.508 e. The number of carbonyl (C=O) groups excluding carboxylic acids is 1. The Kier molecular flexibility index (Phi) is 4.83. The van der Waals surface area contributed by atoms with Gasteiger partial charge in [-0.2, -0.15) is 0 Å². The summed E-state index contributed by atoms with van der Waals surface area (Å²) in [7, 11) is 0.232. The zero-order valence-corrected chi connectivity index (χ0v) is 14.5. The van der Waals surface area contributed by atoms with Crippen LogP contribution < -0.4 is 16.1 Å². The summed E-state index contributed by atoms with van der Waals surface area (Å²) in [4.78, 5) is 11.6. The predicted octanol–water partition coefficient (Wildman–Crippen LogP) is 1.64. The minimum Gasteiger partial charge on any atom is -0.508 e. The van der Waals surface area contributed by atoms with Gasteiger partial charge in [0.25, 0.3) is 7.28 Å². The maximum Gasteiger partial charge on any atom is 0.270 e. The lowest BCUT2D eigenvalue weighted by molar-refractivity contribution is 0.161. The van der Waals surface area contributed by atoms with E-state index < -0.39 is 6.10 Å². The van der Waals surface area contributed by atoms with E-state index in [1.54, 1.807) is 0 Å². The Labute approximate surface area is 148 Å². The average Bonchev–Trinajstić information content (AvgIpc) is 2.92. The second-order valence-corrected chi connectivity index (χ2v) is 7.23. The first-order valence-corrected chi connectivity index (χ1v) is 8.47. The van der Waals surface area contributed by atoms with Crippen molar-refractivity contribution in [1.82, 2.24) is 5.32 Å². The van der Waals surface area contributed by atoms with E-state index in [9.17, 15) is 15.0 Å². The smallest absolute Gasteiger partial charge is 0.270 e. The Morgan fingerprint density at radius 1 is 1.24 bits per heavy atom. The number of aromatic hydroxyl groups is 1. The molecule has 0 fully saturated rings. The lowest BCUT2D eigenvalue weighted by Crippen LogP contribution is -2.44. The maximum atomic E-state index is 11.6. The van der Waals surface area contributed by atoms with E-state index in [1.807, 2.05) is 18.2 Å². The van der Waals surface area contributed by atoms with Crippen molar-refractivity contribution in [2.45, 2.75) is 31.9 Å². The highest BCUT2D eigenvalue weighted by molar-refractivity contribution is 6.89. The molecule has 130 valence electrons. The molecule has 1 amide bonds. The van der Waals surface area contributed by atoms with Gasteiger partial charge in [0.2, 0.25) is 0 Å². The second kappa shape index (κ2) is 6.90. The van der Waals surface area contributed by atoms with Crippen molar-refractivity contribution in [3.63, 3.8) is 0 Å². The molecule has 6 heteroatoms. The molecule has 2 aromatic rings. The van der Waals surface area contributed by atoms with Gasteiger partial charge in [0.05, 0.1) is 6.10 Å². The number of β-amino-alcohol motifs (C(OH)–C–C–N with tert-alkyl or cyclic N) is 1. The number of anilines is 1. The van der Waals surface area contributed by atoms with Crippen LogP contribution in [0, 0.1) is 0 Å². The highest BCUT2D eigenvalue weighted by atomic mass is 16.3. The quantitative estimate of drug-likeness (QED) is 0.604. The van der Waals surface area contributed by atoms with Crippen molar-refractivity contribution in [3.8, 4) is 5.75 Å². The van der Waals surface area contributed by atoms with E-state index in [0.717, 1.165) is 11.9 Å². The molecule has 4 N–H and O–H groups in total. The Bertz CT molecular complexity index is 778. The van der Waals surface area contributed by atoms with Gasteiger partial charge in [0.1, 0.15) is 5.75 Å². The van der Waals surface area contributed by atoms with E-state index in [4.69, 9.17) is 0 Å². The number of phenols is 1. The minimum atomic E-state index is -0.802. The van der Waals surface area contributed by atoms with Crippen molar-refractivity contribution in [1.29, 1.82) is 0 Å². The van der Waals surface area contributed by atoms with E-state index in [0.29, 0.717) is 17.8 Å². The number of phenolic OH excluding ortho intramolecular Hbond substituents is 1. The Morgan fingerprint density at radius 2 is 1.96 bits per heavy atom. The third-order valence-electron chi connectivity index (χ3n) is 4.50. The summed E-state index contributed by atoms with van der Waals surface area (Å²) in [5.41, 5.74) is 2.97. The van der Waals surface area contributed by atoms with Gasteiger partial charge in [0.15, 0.2) is 5.81 Å². The molecule has 0 aliphatic carbocycles. The number of hydrogen-bond acceptors (Lipinski definition) is 4. The molecule has 3 rings (SSSR count). The molecule has 1 atom stereocenters. The average molecular weight is 338 g/mol. The number of aliphatic hydroxyl groups is 1. The van der Waals surface area contributed by atoms with Crippen LogP contribution >= 0.6 is 0 Å². The Morgan fingerprint density at radius 3 is 2.68 bits per heavy atom. The van der Waals surface area contributed by atoms with E-state index in [2.05, 4.69) is 36.6 Å². The summed E-state index contributed by atoms with van der Waals surface area (Å²) in [6.07, 6.45) is 0.0299. The fraction of sp³-hybridized carbons (Fsp3) is 0.316. The second-order valence-electron chi connectivity index (χ2n) is 7.23. The highest BCUT2D eigenvalue weighted by Crippen LogP contribution is 2.25. The van der Waals surface area contributed by atoms with E-state index >= 15 is 0 Å². The number of fused-ring (bicyclic) bond motifs is 1. The third-order valence-corrected chi connectivity index (χ3v) is 4.50. The number of hydrogen-bond donors (Lipinski definition) is 4. The van der Waals surface area contributed by atoms with Gasteiger partial charge < -0.3 is 20.8 Å². The van der Waals surface area contributed by atoms with Crippen LogP contribution in [0.25, 0.3) is 0 Å². The fourth-order valence-corrected chi connectivity index (χ4v) is 3.29. The lowest BCUT2D eigenvalue weighted by atomic mass is 9.69. The van der Waals surface area contributed by atoms with Gasteiger partial charge in [-0.1, -0.05) is 30.3 Å². The molecule has 5 nitrogen and oxygen atoms in total. The molecule has 1 aliphatic heterocycles. The predicted molar refractivity (Wildman–Crippen MR) is 101 cm³/mol. The first-order chi connectivity index (χ1) is 11.8. The molecule has 0 saturated carbocycles. The summed E-state index contributed by atoms with van der Waals surface area (Å²) in [6, 6.07) is 13.2. The summed E-state index contributed by atoms with van der Waals surface area (Å²) < 4.78 is 0. The van der Waals surface area contributed by atoms with Gasteiger partial charge >= 0.3 is 0 Å². The third kappa shape index (κ3) is 4.21. The van der Waals surface area contributed by atoms with Crippen molar-refractivity contribution in [2.24, 2.45) is 0 Å². The molecule has 0 saturated heterocycles. The standard InChI is InChI=1S/C19H23BN2O3/c1-19(2,10-12-6-4-3-5-7-12)21-11-16(24)14-8-13(23)9-15-17(14)20-18(25)22-15/h3-9,16,20-21,23-24H,10-11H2,1-2H3,(H,22,25). The molecule has 1 heterocycles. The van der Waals surface area contributed by atoms with Crippen LogP contribution in [0.5, 0.6) is 5.75 Å². The van der Waals surface area contributed by atoms with Crippen molar-refractivity contribution >= 4 is 24.2 Å². The zero-order chi connectivity index (χ0) is 18.0. The highest BCUT2D eigenvalue weighted by Gasteiger charge is 2.27. The number of aliphatic hydroxyl groups excluding tert-OH is 1. The molecule has 1 unspecified atom stereocenters. The van der Waals surface area contributed by atoms with Crippen molar-refractivity contribution < 1.29 is 15.0 Å². The number of nitrogens with one attached hydrogen (secondary N) is 2.